The predicted octanol–water partition coefficient (Wildman–Crippen LogP) is 4.00. The second-order valence-corrected chi connectivity index (χ2v) is 6.76. The minimum atomic E-state index is -0.438. The van der Waals surface area contributed by atoms with Crippen LogP contribution in [0.3, 0.4) is 0 Å². The number of carbonyl (C=O) groups is 1. The Morgan fingerprint density at radius 1 is 1.29 bits per heavy atom. The molecule has 1 unspecified atom stereocenters. The van der Waals surface area contributed by atoms with E-state index in [-0.39, 0.29) is 11.6 Å². The average molecular weight is 381 g/mol. The molecular formula is C22H27N3O3. The van der Waals surface area contributed by atoms with Crippen molar-refractivity contribution in [3.8, 4) is 6.07 Å². The Labute approximate surface area is 166 Å². The molecule has 1 aromatic carbocycles. The van der Waals surface area contributed by atoms with Gasteiger partial charge in [0.2, 0.25) is 0 Å². The van der Waals surface area contributed by atoms with E-state index >= 15 is 0 Å². The Morgan fingerprint density at radius 2 is 2.04 bits per heavy atom. The molecule has 1 aromatic heterocycles. The highest BCUT2D eigenvalue weighted by atomic mass is 16.5. The maximum Gasteiger partial charge on any atom is 0.266 e. The van der Waals surface area contributed by atoms with Crippen molar-refractivity contribution >= 4 is 17.7 Å². The zero-order valence-electron chi connectivity index (χ0n) is 17.1. The summed E-state index contributed by atoms with van der Waals surface area (Å²) >= 11 is 0. The molecule has 2 rings (SSSR count). The fourth-order valence-electron chi connectivity index (χ4n) is 3.35. The smallest absolute Gasteiger partial charge is 0.266 e. The standard InChI is InChI=1S/C22H27N3O3/c1-15-9-19(17(3)25(15)16(2)13-27-4)11-20(12-23)22(26)24-21-8-6-7-18(10-21)14-28-5/h6-11,16H,13-14H2,1-5H3,(H,24,26)/b20-11-. The SMILES string of the molecule is COCc1cccc(NC(=O)/C(C#N)=C\c2cc(C)n(C(C)COC)c2C)c1. The summed E-state index contributed by atoms with van der Waals surface area (Å²) in [6, 6.07) is 11.5. The van der Waals surface area contributed by atoms with E-state index in [1.165, 1.54) is 0 Å². The van der Waals surface area contributed by atoms with Crippen molar-refractivity contribution in [2.75, 3.05) is 26.1 Å². The van der Waals surface area contributed by atoms with Gasteiger partial charge in [0.1, 0.15) is 11.6 Å². The van der Waals surface area contributed by atoms with Gasteiger partial charge in [-0.2, -0.15) is 5.26 Å². The van der Waals surface area contributed by atoms with Crippen molar-refractivity contribution < 1.29 is 14.3 Å². The summed E-state index contributed by atoms with van der Waals surface area (Å²) in [6.07, 6.45) is 1.63. The summed E-state index contributed by atoms with van der Waals surface area (Å²) in [4.78, 5) is 12.6. The van der Waals surface area contributed by atoms with Gasteiger partial charge in [0.25, 0.3) is 5.91 Å². The van der Waals surface area contributed by atoms with E-state index in [0.717, 1.165) is 22.5 Å². The molecule has 1 heterocycles. The lowest BCUT2D eigenvalue weighted by atomic mass is 10.1. The van der Waals surface area contributed by atoms with Crippen molar-refractivity contribution in [1.29, 1.82) is 5.26 Å². The van der Waals surface area contributed by atoms with Gasteiger partial charge < -0.3 is 19.4 Å². The van der Waals surface area contributed by atoms with Crippen molar-refractivity contribution in [2.45, 2.75) is 33.4 Å². The predicted molar refractivity (Wildman–Crippen MR) is 110 cm³/mol. The first-order valence-electron chi connectivity index (χ1n) is 9.09. The Hall–Kier alpha value is -2.88. The van der Waals surface area contributed by atoms with Crippen LogP contribution in [0.1, 0.15) is 35.5 Å². The van der Waals surface area contributed by atoms with Crippen LogP contribution in [0.2, 0.25) is 0 Å². The molecular weight excluding hydrogens is 354 g/mol. The van der Waals surface area contributed by atoms with Crippen molar-refractivity contribution in [3.63, 3.8) is 0 Å². The number of rotatable bonds is 8. The van der Waals surface area contributed by atoms with Crippen LogP contribution in [-0.4, -0.2) is 31.3 Å². The number of nitriles is 1. The van der Waals surface area contributed by atoms with Gasteiger partial charge >= 0.3 is 0 Å². The van der Waals surface area contributed by atoms with Crippen molar-refractivity contribution in [3.05, 3.63) is 58.4 Å². The molecule has 0 aliphatic heterocycles. The largest absolute Gasteiger partial charge is 0.383 e. The molecule has 0 aliphatic carbocycles. The molecule has 6 heteroatoms. The Bertz CT molecular complexity index is 906. The lowest BCUT2D eigenvalue weighted by molar-refractivity contribution is -0.112. The Balaban J connectivity index is 2.26. The van der Waals surface area contributed by atoms with Gasteiger partial charge in [-0.3, -0.25) is 4.79 Å². The second kappa shape index (κ2) is 9.88. The number of aryl methyl sites for hydroxylation is 1. The third kappa shape index (κ3) is 5.10. The Morgan fingerprint density at radius 3 is 2.68 bits per heavy atom. The first-order valence-corrected chi connectivity index (χ1v) is 9.09. The maximum atomic E-state index is 12.6. The highest BCUT2D eigenvalue weighted by molar-refractivity contribution is 6.09. The van der Waals surface area contributed by atoms with Gasteiger partial charge in [0, 0.05) is 31.3 Å². The van der Waals surface area contributed by atoms with Crippen molar-refractivity contribution in [1.82, 2.24) is 4.57 Å². The lowest BCUT2D eigenvalue weighted by Crippen LogP contribution is -2.14. The number of anilines is 1. The van der Waals surface area contributed by atoms with Crippen LogP contribution >= 0.6 is 0 Å². The molecule has 28 heavy (non-hydrogen) atoms. The van der Waals surface area contributed by atoms with Crippen LogP contribution in [0, 0.1) is 25.2 Å². The van der Waals surface area contributed by atoms with Crippen molar-refractivity contribution in [2.24, 2.45) is 0 Å². The van der Waals surface area contributed by atoms with Crippen LogP contribution < -0.4 is 5.32 Å². The van der Waals surface area contributed by atoms with Gasteiger partial charge in [0.15, 0.2) is 0 Å². The molecule has 0 bridgehead atoms. The normalized spacial score (nSPS) is 12.5. The Kier molecular flexibility index (Phi) is 7.56. The van der Waals surface area contributed by atoms with Crippen LogP contribution in [0.25, 0.3) is 6.08 Å². The number of nitrogens with one attached hydrogen (secondary N) is 1. The molecule has 1 N–H and O–H groups in total. The minimum absolute atomic E-state index is 0.0526. The van der Waals surface area contributed by atoms with E-state index < -0.39 is 5.91 Å². The van der Waals surface area contributed by atoms with Gasteiger partial charge in [-0.05, 0) is 56.2 Å². The summed E-state index contributed by atoms with van der Waals surface area (Å²) in [5, 5.41) is 12.3. The number of hydrogen-bond acceptors (Lipinski definition) is 4. The number of ether oxygens (including phenoxy) is 2. The molecule has 2 aromatic rings. The molecule has 0 aliphatic rings. The zero-order valence-corrected chi connectivity index (χ0v) is 17.1. The fourth-order valence-corrected chi connectivity index (χ4v) is 3.35. The van der Waals surface area contributed by atoms with Crippen LogP contribution in [0.4, 0.5) is 5.69 Å². The van der Waals surface area contributed by atoms with E-state index in [4.69, 9.17) is 9.47 Å². The highest BCUT2D eigenvalue weighted by Crippen LogP contribution is 2.23. The molecule has 0 fully saturated rings. The van der Waals surface area contributed by atoms with E-state index in [0.29, 0.717) is 18.9 Å². The lowest BCUT2D eigenvalue weighted by Gasteiger charge is -2.17. The van der Waals surface area contributed by atoms with Crippen LogP contribution in [-0.2, 0) is 20.9 Å². The molecule has 148 valence electrons. The number of nitrogens with zero attached hydrogens (tertiary/aromatic N) is 2. The highest BCUT2D eigenvalue weighted by Gasteiger charge is 2.16. The number of carbonyl (C=O) groups excluding carboxylic acids is 1. The molecule has 0 saturated heterocycles. The van der Waals surface area contributed by atoms with E-state index in [9.17, 15) is 10.1 Å². The average Bonchev–Trinajstić information content (AvgIpc) is 2.93. The summed E-state index contributed by atoms with van der Waals surface area (Å²) < 4.78 is 12.5. The molecule has 0 spiro atoms. The number of amides is 1. The summed E-state index contributed by atoms with van der Waals surface area (Å²) in [5.74, 6) is -0.438. The number of aromatic nitrogens is 1. The van der Waals surface area contributed by atoms with Crippen LogP contribution in [0.15, 0.2) is 35.9 Å². The number of methoxy groups -OCH3 is 2. The fraction of sp³-hybridized carbons (Fsp3) is 0.364. The quantitative estimate of drug-likeness (QED) is 0.554. The number of benzene rings is 1. The number of hydrogen-bond donors (Lipinski definition) is 1. The maximum absolute atomic E-state index is 12.6. The first-order chi connectivity index (χ1) is 13.4. The molecule has 6 nitrogen and oxygen atoms in total. The zero-order chi connectivity index (χ0) is 20.7. The van der Waals surface area contributed by atoms with Gasteiger partial charge in [-0.25, -0.2) is 0 Å². The molecule has 0 radical (unpaired) electrons. The monoisotopic (exact) mass is 381 g/mol. The third-order valence-corrected chi connectivity index (χ3v) is 4.53. The van der Waals surface area contributed by atoms with Crippen LogP contribution in [0.5, 0.6) is 0 Å². The van der Waals surface area contributed by atoms with Gasteiger partial charge in [-0.1, -0.05) is 12.1 Å². The molecule has 1 atom stereocenters. The van der Waals surface area contributed by atoms with E-state index in [1.54, 1.807) is 26.4 Å². The topological polar surface area (TPSA) is 76.3 Å². The second-order valence-electron chi connectivity index (χ2n) is 6.76. The van der Waals surface area contributed by atoms with Gasteiger partial charge in [0.05, 0.1) is 19.3 Å². The summed E-state index contributed by atoms with van der Waals surface area (Å²) in [6.45, 7) is 7.09. The molecule has 1 amide bonds. The van der Waals surface area contributed by atoms with E-state index in [2.05, 4.69) is 16.8 Å². The first kappa shape index (κ1) is 21.4. The summed E-state index contributed by atoms with van der Waals surface area (Å²) in [7, 11) is 3.29. The minimum Gasteiger partial charge on any atom is -0.383 e. The molecule has 0 saturated carbocycles. The van der Waals surface area contributed by atoms with E-state index in [1.807, 2.05) is 44.2 Å². The third-order valence-electron chi connectivity index (χ3n) is 4.53. The summed E-state index contributed by atoms with van der Waals surface area (Å²) in [5.41, 5.74) is 4.51. The van der Waals surface area contributed by atoms with Gasteiger partial charge in [-0.15, -0.1) is 0 Å².